The number of ether oxygens (including phenoxy) is 1. The zero-order valence-corrected chi connectivity index (χ0v) is 12.0. The van der Waals surface area contributed by atoms with E-state index in [1.165, 1.54) is 6.07 Å². The lowest BCUT2D eigenvalue weighted by Crippen LogP contribution is -2.11. The first-order valence-corrected chi connectivity index (χ1v) is 6.57. The van der Waals surface area contributed by atoms with Crippen LogP contribution in [0.3, 0.4) is 0 Å². The van der Waals surface area contributed by atoms with E-state index >= 15 is 0 Å². The Kier molecular flexibility index (Phi) is 4.70. The van der Waals surface area contributed by atoms with Gasteiger partial charge in [-0.2, -0.15) is 0 Å². The molecule has 2 aromatic carbocycles. The number of para-hydroxylation sites is 1. The van der Waals surface area contributed by atoms with Crippen molar-refractivity contribution in [3.8, 4) is 5.75 Å². The van der Waals surface area contributed by atoms with E-state index in [2.05, 4.69) is 0 Å². The van der Waals surface area contributed by atoms with Crippen LogP contribution in [0.25, 0.3) is 0 Å². The zero-order valence-electron chi connectivity index (χ0n) is 9.70. The van der Waals surface area contributed by atoms with Gasteiger partial charge in [-0.1, -0.05) is 46.9 Å². The van der Waals surface area contributed by atoms with Crippen LogP contribution in [0.4, 0.5) is 0 Å². The molecule has 0 spiro atoms. The van der Waals surface area contributed by atoms with Crippen LogP contribution >= 0.6 is 34.8 Å². The van der Waals surface area contributed by atoms with Gasteiger partial charge in [0.2, 0.25) is 0 Å². The second kappa shape index (κ2) is 6.29. The van der Waals surface area contributed by atoms with Crippen molar-refractivity contribution in [1.29, 1.82) is 0 Å². The number of hydrogen-bond donors (Lipinski definition) is 0. The van der Waals surface area contributed by atoms with Gasteiger partial charge in [0, 0.05) is 5.56 Å². The number of rotatable bonds is 4. The van der Waals surface area contributed by atoms with Gasteiger partial charge in [0.25, 0.3) is 0 Å². The molecular formula is C14H9Cl3O2. The van der Waals surface area contributed by atoms with E-state index in [4.69, 9.17) is 39.5 Å². The molecule has 0 unspecified atom stereocenters. The van der Waals surface area contributed by atoms with Crippen LogP contribution in [0.15, 0.2) is 42.5 Å². The van der Waals surface area contributed by atoms with Crippen LogP contribution in [0.2, 0.25) is 15.1 Å². The number of ketones is 1. The minimum Gasteiger partial charge on any atom is -0.484 e. The van der Waals surface area contributed by atoms with Crippen molar-refractivity contribution >= 4 is 40.6 Å². The van der Waals surface area contributed by atoms with Crippen LogP contribution in [0.1, 0.15) is 10.4 Å². The van der Waals surface area contributed by atoms with Gasteiger partial charge in [-0.05, 0) is 30.3 Å². The molecule has 19 heavy (non-hydrogen) atoms. The smallest absolute Gasteiger partial charge is 0.200 e. The summed E-state index contributed by atoms with van der Waals surface area (Å²) in [6, 6.07) is 11.7. The third-order valence-electron chi connectivity index (χ3n) is 2.44. The Morgan fingerprint density at radius 3 is 2.37 bits per heavy atom. The second-order valence-electron chi connectivity index (χ2n) is 3.77. The molecule has 0 aliphatic rings. The average molecular weight is 316 g/mol. The molecule has 5 heteroatoms. The molecule has 0 atom stereocenters. The summed E-state index contributed by atoms with van der Waals surface area (Å²) in [5.41, 5.74) is 0.446. The Labute approximate surface area is 125 Å². The molecule has 0 bridgehead atoms. The summed E-state index contributed by atoms with van der Waals surface area (Å²) < 4.78 is 5.37. The Bertz CT molecular complexity index is 611. The summed E-state index contributed by atoms with van der Waals surface area (Å²) in [7, 11) is 0. The monoisotopic (exact) mass is 314 g/mol. The number of carbonyl (C=O) groups is 1. The highest BCUT2D eigenvalue weighted by molar-refractivity contribution is 6.42. The van der Waals surface area contributed by atoms with E-state index in [-0.39, 0.29) is 12.4 Å². The summed E-state index contributed by atoms with van der Waals surface area (Å²) in [6.45, 7) is -0.109. The number of halogens is 3. The lowest BCUT2D eigenvalue weighted by Gasteiger charge is -2.07. The van der Waals surface area contributed by atoms with Gasteiger partial charge >= 0.3 is 0 Å². The predicted octanol–water partition coefficient (Wildman–Crippen LogP) is 4.91. The standard InChI is InChI=1S/C14H9Cl3O2/c15-10-6-5-9(7-12(10)17)13(18)8-19-14-4-2-1-3-11(14)16/h1-7H,8H2. The van der Waals surface area contributed by atoms with E-state index in [0.29, 0.717) is 26.4 Å². The fourth-order valence-electron chi connectivity index (χ4n) is 1.46. The lowest BCUT2D eigenvalue weighted by atomic mass is 10.1. The quantitative estimate of drug-likeness (QED) is 0.749. The number of carbonyl (C=O) groups excluding carboxylic acids is 1. The van der Waals surface area contributed by atoms with Gasteiger partial charge < -0.3 is 4.74 Å². The molecule has 2 nitrogen and oxygen atoms in total. The molecule has 0 radical (unpaired) electrons. The highest BCUT2D eigenvalue weighted by Crippen LogP contribution is 2.25. The Morgan fingerprint density at radius 2 is 1.68 bits per heavy atom. The van der Waals surface area contributed by atoms with Crippen molar-refractivity contribution in [1.82, 2.24) is 0 Å². The minimum absolute atomic E-state index is 0.109. The minimum atomic E-state index is -0.196. The molecule has 0 N–H and O–H groups in total. The highest BCUT2D eigenvalue weighted by atomic mass is 35.5. The van der Waals surface area contributed by atoms with Gasteiger partial charge in [-0.15, -0.1) is 0 Å². The van der Waals surface area contributed by atoms with Gasteiger partial charge in [0.05, 0.1) is 15.1 Å². The Morgan fingerprint density at radius 1 is 0.947 bits per heavy atom. The second-order valence-corrected chi connectivity index (χ2v) is 4.99. The van der Waals surface area contributed by atoms with Crippen LogP contribution in [0, 0.1) is 0 Å². The molecular weight excluding hydrogens is 307 g/mol. The Balaban J connectivity index is 2.05. The highest BCUT2D eigenvalue weighted by Gasteiger charge is 2.10. The maximum Gasteiger partial charge on any atom is 0.200 e. The van der Waals surface area contributed by atoms with Crippen molar-refractivity contribution in [3.05, 3.63) is 63.1 Å². The molecule has 2 rings (SSSR count). The molecule has 0 saturated carbocycles. The molecule has 0 aliphatic heterocycles. The molecule has 98 valence electrons. The van der Waals surface area contributed by atoms with E-state index in [9.17, 15) is 4.79 Å². The molecule has 0 aliphatic carbocycles. The third kappa shape index (κ3) is 3.63. The van der Waals surface area contributed by atoms with Gasteiger partial charge in [0.15, 0.2) is 12.4 Å². The predicted molar refractivity (Wildman–Crippen MR) is 77.7 cm³/mol. The zero-order chi connectivity index (χ0) is 13.8. The SMILES string of the molecule is O=C(COc1ccccc1Cl)c1ccc(Cl)c(Cl)c1. The van der Waals surface area contributed by atoms with E-state index in [1.54, 1.807) is 36.4 Å². The van der Waals surface area contributed by atoms with Crippen LogP contribution in [-0.4, -0.2) is 12.4 Å². The molecule has 0 amide bonds. The largest absolute Gasteiger partial charge is 0.484 e. The normalized spacial score (nSPS) is 10.3. The maximum absolute atomic E-state index is 11.9. The van der Waals surface area contributed by atoms with Crippen molar-refractivity contribution in [3.63, 3.8) is 0 Å². The average Bonchev–Trinajstić information content (AvgIpc) is 2.40. The molecule has 0 heterocycles. The van der Waals surface area contributed by atoms with Crippen molar-refractivity contribution < 1.29 is 9.53 Å². The summed E-state index contributed by atoms with van der Waals surface area (Å²) in [5.74, 6) is 0.274. The first kappa shape index (κ1) is 14.2. The summed E-state index contributed by atoms with van der Waals surface area (Å²) in [6.07, 6.45) is 0. The van der Waals surface area contributed by atoms with Crippen molar-refractivity contribution in [2.45, 2.75) is 0 Å². The van der Waals surface area contributed by atoms with E-state index in [0.717, 1.165) is 0 Å². The fourth-order valence-corrected chi connectivity index (χ4v) is 1.95. The lowest BCUT2D eigenvalue weighted by molar-refractivity contribution is 0.0921. The van der Waals surface area contributed by atoms with Crippen molar-refractivity contribution in [2.24, 2.45) is 0 Å². The topological polar surface area (TPSA) is 26.3 Å². The third-order valence-corrected chi connectivity index (χ3v) is 3.49. The molecule has 0 saturated heterocycles. The first-order valence-electron chi connectivity index (χ1n) is 5.43. The van der Waals surface area contributed by atoms with Crippen molar-refractivity contribution in [2.75, 3.05) is 6.61 Å². The molecule has 0 aromatic heterocycles. The molecule has 2 aromatic rings. The van der Waals surface area contributed by atoms with Crippen LogP contribution < -0.4 is 4.74 Å². The van der Waals surface area contributed by atoms with Crippen LogP contribution in [0.5, 0.6) is 5.75 Å². The number of benzene rings is 2. The number of Topliss-reactive ketones (excluding diaryl/α,β-unsaturated/α-hetero) is 1. The fraction of sp³-hybridized carbons (Fsp3) is 0.0714. The van der Waals surface area contributed by atoms with Crippen LogP contribution in [-0.2, 0) is 0 Å². The number of hydrogen-bond acceptors (Lipinski definition) is 2. The van der Waals surface area contributed by atoms with Gasteiger partial charge in [0.1, 0.15) is 5.75 Å². The summed E-state index contributed by atoms with van der Waals surface area (Å²) in [5, 5.41) is 1.21. The molecule has 0 fully saturated rings. The Hall–Kier alpha value is -1.22. The summed E-state index contributed by atoms with van der Waals surface area (Å²) >= 11 is 17.6. The van der Waals surface area contributed by atoms with Gasteiger partial charge in [-0.3, -0.25) is 4.79 Å². The summed E-state index contributed by atoms with van der Waals surface area (Å²) in [4.78, 5) is 11.9. The maximum atomic E-state index is 11.9. The van der Waals surface area contributed by atoms with Gasteiger partial charge in [-0.25, -0.2) is 0 Å². The van der Waals surface area contributed by atoms with E-state index in [1.807, 2.05) is 0 Å². The van der Waals surface area contributed by atoms with E-state index < -0.39 is 0 Å². The first-order chi connectivity index (χ1) is 9.08.